The molecule has 2 N–H and O–H groups in total. The van der Waals surface area contributed by atoms with Crippen LogP contribution in [0.25, 0.3) is 0 Å². The second-order valence-electron chi connectivity index (χ2n) is 4.09. The summed E-state index contributed by atoms with van der Waals surface area (Å²) < 4.78 is 0. The van der Waals surface area contributed by atoms with Gasteiger partial charge in [-0.2, -0.15) is 0 Å². The molecule has 4 nitrogen and oxygen atoms in total. The molecule has 0 spiro atoms. The number of carbonyl (C=O) groups excluding carboxylic acids is 1. The van der Waals surface area contributed by atoms with Gasteiger partial charge in [0.15, 0.2) is 0 Å². The summed E-state index contributed by atoms with van der Waals surface area (Å²) in [5, 5.41) is 11.7. The van der Waals surface area contributed by atoms with E-state index in [2.05, 4.69) is 5.32 Å². The second-order valence-corrected chi connectivity index (χ2v) is 4.09. The van der Waals surface area contributed by atoms with Crippen molar-refractivity contribution in [2.75, 3.05) is 26.7 Å². The van der Waals surface area contributed by atoms with E-state index in [1.165, 1.54) is 0 Å². The first-order valence-corrected chi connectivity index (χ1v) is 5.86. The monoisotopic (exact) mass is 214 g/mol. The third-order valence-electron chi connectivity index (χ3n) is 2.97. The molecule has 88 valence electrons. The number of rotatable bonds is 6. The number of aliphatic hydroxyl groups is 1. The third kappa shape index (κ3) is 3.80. The van der Waals surface area contributed by atoms with Crippen molar-refractivity contribution in [1.82, 2.24) is 10.2 Å². The Labute approximate surface area is 91.6 Å². The van der Waals surface area contributed by atoms with Gasteiger partial charge in [0.25, 0.3) is 0 Å². The first-order valence-electron chi connectivity index (χ1n) is 5.86. The van der Waals surface area contributed by atoms with Crippen LogP contribution < -0.4 is 5.32 Å². The predicted octanol–water partition coefficient (Wildman–Crippen LogP) is 0.359. The Morgan fingerprint density at radius 3 is 2.93 bits per heavy atom. The van der Waals surface area contributed by atoms with Crippen molar-refractivity contribution in [2.45, 2.75) is 38.1 Å². The lowest BCUT2D eigenvalue weighted by Gasteiger charge is -2.32. The molecular weight excluding hydrogens is 192 g/mol. The summed E-state index contributed by atoms with van der Waals surface area (Å²) >= 11 is 0. The molecule has 1 fully saturated rings. The van der Waals surface area contributed by atoms with Gasteiger partial charge < -0.3 is 15.3 Å². The molecule has 1 saturated heterocycles. The van der Waals surface area contributed by atoms with Crippen LogP contribution in [0.2, 0.25) is 0 Å². The SMILES string of the molecule is CNC1CCCN(CCCCCO)C1=O. The van der Waals surface area contributed by atoms with E-state index in [-0.39, 0.29) is 18.6 Å². The number of likely N-dealkylation sites (tertiary alicyclic amines) is 1. The third-order valence-corrected chi connectivity index (χ3v) is 2.97. The highest BCUT2D eigenvalue weighted by molar-refractivity contribution is 5.82. The van der Waals surface area contributed by atoms with Crippen LogP contribution in [-0.4, -0.2) is 48.7 Å². The number of aliphatic hydroxyl groups excluding tert-OH is 1. The van der Waals surface area contributed by atoms with Crippen molar-refractivity contribution in [3.8, 4) is 0 Å². The molecule has 0 bridgehead atoms. The number of hydrogen-bond donors (Lipinski definition) is 2. The van der Waals surface area contributed by atoms with Gasteiger partial charge in [-0.1, -0.05) is 0 Å². The van der Waals surface area contributed by atoms with E-state index in [0.29, 0.717) is 0 Å². The Kier molecular flexibility index (Phi) is 5.65. The summed E-state index contributed by atoms with van der Waals surface area (Å²) in [5.41, 5.74) is 0. The van der Waals surface area contributed by atoms with E-state index in [0.717, 1.165) is 45.2 Å². The maximum Gasteiger partial charge on any atom is 0.239 e. The van der Waals surface area contributed by atoms with Crippen LogP contribution >= 0.6 is 0 Å². The highest BCUT2D eigenvalue weighted by Crippen LogP contribution is 2.12. The van der Waals surface area contributed by atoms with Crippen LogP contribution in [-0.2, 0) is 4.79 Å². The molecule has 1 aliphatic heterocycles. The van der Waals surface area contributed by atoms with Gasteiger partial charge in [-0.15, -0.1) is 0 Å². The van der Waals surface area contributed by atoms with Crippen LogP contribution in [0.3, 0.4) is 0 Å². The summed E-state index contributed by atoms with van der Waals surface area (Å²) in [4.78, 5) is 13.8. The van der Waals surface area contributed by atoms with Crippen LogP contribution in [0.5, 0.6) is 0 Å². The number of likely N-dealkylation sites (N-methyl/N-ethyl adjacent to an activating group) is 1. The molecule has 0 aliphatic carbocycles. The molecule has 1 amide bonds. The van der Waals surface area contributed by atoms with Crippen LogP contribution in [0.15, 0.2) is 0 Å². The second kappa shape index (κ2) is 6.80. The number of unbranched alkanes of at least 4 members (excludes halogenated alkanes) is 2. The molecule has 0 radical (unpaired) electrons. The van der Waals surface area contributed by atoms with E-state index in [1.54, 1.807) is 0 Å². The Balaban J connectivity index is 2.24. The first kappa shape index (κ1) is 12.5. The van der Waals surface area contributed by atoms with Crippen molar-refractivity contribution < 1.29 is 9.90 Å². The van der Waals surface area contributed by atoms with E-state index in [9.17, 15) is 4.79 Å². The Bertz CT molecular complexity index is 197. The topological polar surface area (TPSA) is 52.6 Å². The highest BCUT2D eigenvalue weighted by atomic mass is 16.2. The van der Waals surface area contributed by atoms with Crippen molar-refractivity contribution in [3.63, 3.8) is 0 Å². The summed E-state index contributed by atoms with van der Waals surface area (Å²) in [6, 6.07) is 0.0246. The Hall–Kier alpha value is -0.610. The standard InChI is InChI=1S/C11H22N2O2/c1-12-10-6-5-8-13(11(10)15)7-3-2-4-9-14/h10,12,14H,2-9H2,1H3. The molecule has 1 aliphatic rings. The summed E-state index contributed by atoms with van der Waals surface area (Å²) in [5.74, 6) is 0.243. The fourth-order valence-electron chi connectivity index (χ4n) is 2.02. The van der Waals surface area contributed by atoms with E-state index >= 15 is 0 Å². The smallest absolute Gasteiger partial charge is 0.239 e. The molecule has 0 aromatic rings. The Morgan fingerprint density at radius 2 is 2.27 bits per heavy atom. The summed E-state index contributed by atoms with van der Waals surface area (Å²) in [7, 11) is 1.85. The molecule has 4 heteroatoms. The van der Waals surface area contributed by atoms with Crippen LogP contribution in [0.4, 0.5) is 0 Å². The minimum absolute atomic E-state index is 0.0246. The van der Waals surface area contributed by atoms with E-state index in [4.69, 9.17) is 5.11 Å². The van der Waals surface area contributed by atoms with Gasteiger partial charge in [-0.3, -0.25) is 4.79 Å². The number of amides is 1. The lowest BCUT2D eigenvalue weighted by Crippen LogP contribution is -2.49. The summed E-state index contributed by atoms with van der Waals surface area (Å²) in [6.07, 6.45) is 4.91. The Morgan fingerprint density at radius 1 is 1.47 bits per heavy atom. The highest BCUT2D eigenvalue weighted by Gasteiger charge is 2.26. The number of hydrogen-bond acceptors (Lipinski definition) is 3. The predicted molar refractivity (Wildman–Crippen MR) is 59.6 cm³/mol. The van der Waals surface area contributed by atoms with E-state index in [1.807, 2.05) is 11.9 Å². The van der Waals surface area contributed by atoms with Gasteiger partial charge in [0.1, 0.15) is 0 Å². The molecule has 1 unspecified atom stereocenters. The first-order chi connectivity index (χ1) is 7.29. The molecule has 0 aromatic heterocycles. The van der Waals surface area contributed by atoms with Crippen LogP contribution in [0.1, 0.15) is 32.1 Å². The number of nitrogens with one attached hydrogen (secondary N) is 1. The van der Waals surface area contributed by atoms with Crippen molar-refractivity contribution in [3.05, 3.63) is 0 Å². The molecule has 0 saturated carbocycles. The average Bonchev–Trinajstić information content (AvgIpc) is 2.26. The largest absolute Gasteiger partial charge is 0.396 e. The number of nitrogens with zero attached hydrogens (tertiary/aromatic N) is 1. The van der Waals surface area contributed by atoms with Gasteiger partial charge in [0, 0.05) is 19.7 Å². The molecule has 0 aromatic carbocycles. The molecule has 1 heterocycles. The van der Waals surface area contributed by atoms with Gasteiger partial charge in [0.05, 0.1) is 6.04 Å². The average molecular weight is 214 g/mol. The number of piperidine rings is 1. The minimum atomic E-state index is 0.0246. The van der Waals surface area contributed by atoms with Crippen LogP contribution in [0, 0.1) is 0 Å². The van der Waals surface area contributed by atoms with Gasteiger partial charge in [0.2, 0.25) is 5.91 Å². The van der Waals surface area contributed by atoms with Crippen molar-refractivity contribution in [1.29, 1.82) is 0 Å². The molecule has 1 rings (SSSR count). The molecule has 1 atom stereocenters. The zero-order valence-electron chi connectivity index (χ0n) is 9.54. The van der Waals surface area contributed by atoms with E-state index < -0.39 is 0 Å². The van der Waals surface area contributed by atoms with Gasteiger partial charge >= 0.3 is 0 Å². The van der Waals surface area contributed by atoms with Crippen molar-refractivity contribution in [2.24, 2.45) is 0 Å². The molecular formula is C11H22N2O2. The van der Waals surface area contributed by atoms with Gasteiger partial charge in [-0.05, 0) is 39.2 Å². The number of carbonyl (C=O) groups is 1. The maximum atomic E-state index is 11.8. The molecule has 15 heavy (non-hydrogen) atoms. The quantitative estimate of drug-likeness (QED) is 0.628. The van der Waals surface area contributed by atoms with Gasteiger partial charge in [-0.25, -0.2) is 0 Å². The maximum absolute atomic E-state index is 11.8. The fourth-order valence-corrected chi connectivity index (χ4v) is 2.02. The normalized spacial score (nSPS) is 22.1. The fraction of sp³-hybridized carbons (Fsp3) is 0.909. The lowest BCUT2D eigenvalue weighted by molar-refractivity contribution is -0.135. The summed E-state index contributed by atoms with van der Waals surface area (Å²) in [6.45, 7) is 2.00. The minimum Gasteiger partial charge on any atom is -0.396 e. The van der Waals surface area contributed by atoms with Crippen molar-refractivity contribution >= 4 is 5.91 Å². The lowest BCUT2D eigenvalue weighted by atomic mass is 10.0. The zero-order chi connectivity index (χ0) is 11.1. The zero-order valence-corrected chi connectivity index (χ0v) is 9.54.